The van der Waals surface area contributed by atoms with Crippen LogP contribution in [0.2, 0.25) is 0 Å². The van der Waals surface area contributed by atoms with Crippen LogP contribution in [0.5, 0.6) is 0 Å². The summed E-state index contributed by atoms with van der Waals surface area (Å²) in [5.74, 6) is 0.868. The Hall–Kier alpha value is -1.99. The second-order valence-electron chi connectivity index (χ2n) is 5.85. The number of hydrogen-bond donors (Lipinski definition) is 1. The first-order valence-electron chi connectivity index (χ1n) is 7.68. The van der Waals surface area contributed by atoms with Gasteiger partial charge in [0.25, 0.3) is 0 Å². The van der Waals surface area contributed by atoms with Crippen LogP contribution in [0.3, 0.4) is 0 Å². The molecular formula is C16H20N4O2S. The van der Waals surface area contributed by atoms with Crippen molar-refractivity contribution in [2.75, 3.05) is 18.0 Å². The van der Waals surface area contributed by atoms with E-state index in [1.165, 1.54) is 19.3 Å². The monoisotopic (exact) mass is 332 g/mol. The molecular weight excluding hydrogens is 312 g/mol. The summed E-state index contributed by atoms with van der Waals surface area (Å²) in [6.07, 6.45) is 3.62. The summed E-state index contributed by atoms with van der Waals surface area (Å²) in [5.41, 5.74) is 1.95. The molecule has 7 heteroatoms. The number of piperidine rings is 1. The Balaban J connectivity index is 1.90. The molecule has 3 rings (SSSR count). The fraction of sp³-hybridized carbons (Fsp3) is 0.375. The van der Waals surface area contributed by atoms with Crippen molar-refractivity contribution >= 4 is 15.8 Å². The van der Waals surface area contributed by atoms with Gasteiger partial charge in [0.15, 0.2) is 5.82 Å². The number of aromatic nitrogens is 2. The lowest BCUT2D eigenvalue weighted by Crippen LogP contribution is -2.30. The van der Waals surface area contributed by atoms with E-state index >= 15 is 0 Å². The van der Waals surface area contributed by atoms with E-state index in [0.29, 0.717) is 16.8 Å². The van der Waals surface area contributed by atoms with Gasteiger partial charge in [-0.2, -0.15) is 0 Å². The molecule has 0 atom stereocenters. The molecule has 0 radical (unpaired) electrons. The topological polar surface area (TPSA) is 89.2 Å². The molecule has 2 aromatic rings. The summed E-state index contributed by atoms with van der Waals surface area (Å²) in [6, 6.07) is 8.91. The zero-order valence-electron chi connectivity index (χ0n) is 13.1. The van der Waals surface area contributed by atoms with Gasteiger partial charge < -0.3 is 4.90 Å². The van der Waals surface area contributed by atoms with Gasteiger partial charge in [-0.15, -0.1) is 10.2 Å². The SMILES string of the molecule is Cc1ccc(-c2ccc(N3CCCCC3)nn2)cc1S(N)(=O)=O. The number of primary sulfonamides is 1. The number of nitrogens with zero attached hydrogens (tertiary/aromatic N) is 3. The summed E-state index contributed by atoms with van der Waals surface area (Å²) in [6.45, 7) is 3.73. The highest BCUT2D eigenvalue weighted by molar-refractivity contribution is 7.89. The molecule has 23 heavy (non-hydrogen) atoms. The standard InChI is InChI=1S/C16H20N4O2S/c1-12-5-6-13(11-15(12)23(17,21)22)14-7-8-16(19-18-14)20-9-3-2-4-10-20/h5-8,11H,2-4,9-10H2,1H3,(H2,17,21,22). The molecule has 1 aromatic carbocycles. The highest BCUT2D eigenvalue weighted by atomic mass is 32.2. The molecule has 1 aliphatic heterocycles. The van der Waals surface area contributed by atoms with E-state index in [0.717, 1.165) is 18.9 Å². The Morgan fingerprint density at radius 2 is 1.78 bits per heavy atom. The summed E-state index contributed by atoms with van der Waals surface area (Å²) in [4.78, 5) is 2.35. The molecule has 2 heterocycles. The van der Waals surface area contributed by atoms with Crippen molar-refractivity contribution in [2.45, 2.75) is 31.1 Å². The Morgan fingerprint density at radius 3 is 2.39 bits per heavy atom. The van der Waals surface area contributed by atoms with Gasteiger partial charge in [0.05, 0.1) is 10.6 Å². The van der Waals surface area contributed by atoms with Crippen LogP contribution in [-0.2, 0) is 10.0 Å². The number of anilines is 1. The first-order valence-corrected chi connectivity index (χ1v) is 9.22. The average molecular weight is 332 g/mol. The maximum absolute atomic E-state index is 11.6. The van der Waals surface area contributed by atoms with Crippen molar-refractivity contribution < 1.29 is 8.42 Å². The molecule has 0 unspecified atom stereocenters. The van der Waals surface area contributed by atoms with Gasteiger partial charge in [-0.05, 0) is 49.9 Å². The van der Waals surface area contributed by atoms with Crippen LogP contribution in [-0.4, -0.2) is 31.7 Å². The second kappa shape index (κ2) is 6.25. The van der Waals surface area contributed by atoms with Crippen molar-refractivity contribution in [1.82, 2.24) is 10.2 Å². The lowest BCUT2D eigenvalue weighted by molar-refractivity contribution is 0.571. The van der Waals surface area contributed by atoms with E-state index in [2.05, 4.69) is 15.1 Å². The van der Waals surface area contributed by atoms with Gasteiger partial charge in [0.1, 0.15) is 0 Å². The largest absolute Gasteiger partial charge is 0.355 e. The predicted octanol–water partition coefficient (Wildman–Crippen LogP) is 2.09. The Morgan fingerprint density at radius 1 is 1.04 bits per heavy atom. The number of hydrogen-bond acceptors (Lipinski definition) is 5. The normalized spacial score (nSPS) is 15.7. The smallest absolute Gasteiger partial charge is 0.238 e. The lowest BCUT2D eigenvalue weighted by Gasteiger charge is -2.27. The van der Waals surface area contributed by atoms with E-state index in [1.54, 1.807) is 19.1 Å². The van der Waals surface area contributed by atoms with E-state index in [-0.39, 0.29) is 4.90 Å². The molecule has 2 N–H and O–H groups in total. The number of rotatable bonds is 3. The molecule has 0 aliphatic carbocycles. The Kier molecular flexibility index (Phi) is 4.32. The zero-order valence-corrected chi connectivity index (χ0v) is 13.9. The minimum absolute atomic E-state index is 0.122. The quantitative estimate of drug-likeness (QED) is 0.929. The summed E-state index contributed by atoms with van der Waals surface area (Å²) < 4.78 is 23.3. The summed E-state index contributed by atoms with van der Waals surface area (Å²) in [7, 11) is -3.75. The molecule has 1 fully saturated rings. The van der Waals surface area contributed by atoms with Crippen LogP contribution >= 0.6 is 0 Å². The fourth-order valence-corrected chi connectivity index (χ4v) is 3.64. The Bertz CT molecular complexity index is 797. The molecule has 1 aromatic heterocycles. The van der Waals surface area contributed by atoms with Crippen molar-refractivity contribution in [3.05, 3.63) is 35.9 Å². The van der Waals surface area contributed by atoms with Crippen LogP contribution in [0.15, 0.2) is 35.2 Å². The highest BCUT2D eigenvalue weighted by Gasteiger charge is 2.15. The average Bonchev–Trinajstić information content (AvgIpc) is 2.55. The minimum atomic E-state index is -3.75. The molecule has 0 spiro atoms. The lowest BCUT2D eigenvalue weighted by atomic mass is 10.1. The van der Waals surface area contributed by atoms with Gasteiger partial charge in [0, 0.05) is 18.7 Å². The van der Waals surface area contributed by atoms with Crippen LogP contribution in [0.4, 0.5) is 5.82 Å². The molecule has 0 saturated carbocycles. The molecule has 122 valence electrons. The van der Waals surface area contributed by atoms with Crippen LogP contribution in [0.1, 0.15) is 24.8 Å². The highest BCUT2D eigenvalue weighted by Crippen LogP contribution is 2.24. The molecule has 1 aliphatic rings. The summed E-state index contributed by atoms with van der Waals surface area (Å²) >= 11 is 0. The summed E-state index contributed by atoms with van der Waals surface area (Å²) in [5, 5.41) is 13.8. The third-order valence-corrected chi connectivity index (χ3v) is 5.17. The van der Waals surface area contributed by atoms with Gasteiger partial charge in [-0.25, -0.2) is 13.6 Å². The maximum atomic E-state index is 11.6. The minimum Gasteiger partial charge on any atom is -0.355 e. The first-order chi connectivity index (χ1) is 10.9. The third kappa shape index (κ3) is 3.51. The van der Waals surface area contributed by atoms with E-state index in [9.17, 15) is 8.42 Å². The second-order valence-corrected chi connectivity index (χ2v) is 7.38. The first kappa shape index (κ1) is 15.9. The van der Waals surface area contributed by atoms with Gasteiger partial charge in [-0.3, -0.25) is 0 Å². The number of aryl methyl sites for hydroxylation is 1. The molecule has 6 nitrogen and oxygen atoms in total. The van der Waals surface area contributed by atoms with Crippen LogP contribution in [0.25, 0.3) is 11.3 Å². The number of nitrogens with two attached hydrogens (primary N) is 1. The van der Waals surface area contributed by atoms with E-state index in [4.69, 9.17) is 5.14 Å². The van der Waals surface area contributed by atoms with Crippen LogP contribution < -0.4 is 10.0 Å². The molecule has 1 saturated heterocycles. The molecule has 0 amide bonds. The number of benzene rings is 1. The van der Waals surface area contributed by atoms with Crippen molar-refractivity contribution in [1.29, 1.82) is 0 Å². The van der Waals surface area contributed by atoms with Gasteiger partial charge in [0.2, 0.25) is 10.0 Å². The third-order valence-electron chi connectivity index (χ3n) is 4.12. The number of sulfonamides is 1. The van der Waals surface area contributed by atoms with Gasteiger partial charge in [-0.1, -0.05) is 12.1 Å². The Labute approximate surface area is 136 Å². The van der Waals surface area contributed by atoms with Crippen molar-refractivity contribution in [3.63, 3.8) is 0 Å². The van der Waals surface area contributed by atoms with Crippen LogP contribution in [0, 0.1) is 6.92 Å². The van der Waals surface area contributed by atoms with E-state index < -0.39 is 10.0 Å². The van der Waals surface area contributed by atoms with E-state index in [1.807, 2.05) is 18.2 Å². The predicted molar refractivity (Wildman–Crippen MR) is 89.6 cm³/mol. The zero-order chi connectivity index (χ0) is 16.4. The van der Waals surface area contributed by atoms with Gasteiger partial charge >= 0.3 is 0 Å². The van der Waals surface area contributed by atoms with Crippen molar-refractivity contribution in [3.8, 4) is 11.3 Å². The molecule has 0 bridgehead atoms. The maximum Gasteiger partial charge on any atom is 0.238 e. The van der Waals surface area contributed by atoms with Crippen molar-refractivity contribution in [2.24, 2.45) is 5.14 Å². The fourth-order valence-electron chi connectivity index (χ4n) is 2.84.